The summed E-state index contributed by atoms with van der Waals surface area (Å²) in [7, 11) is 0. The highest BCUT2D eigenvalue weighted by Gasteiger charge is 2.33. The standard InChI is InChI=1S/C12H15F3N2O3/c13-12(14,15)9-7-8(1-2-10(9)16)11(20)17(3-5-18)4-6-19/h1-2,7,18-19H,3-6,16H2. The molecule has 8 heteroatoms. The second-order valence-corrected chi connectivity index (χ2v) is 4.04. The molecule has 0 fully saturated rings. The fourth-order valence-electron chi connectivity index (χ4n) is 1.67. The molecule has 20 heavy (non-hydrogen) atoms. The van der Waals surface area contributed by atoms with Crippen LogP contribution in [0.25, 0.3) is 0 Å². The van der Waals surface area contributed by atoms with Gasteiger partial charge >= 0.3 is 6.18 Å². The van der Waals surface area contributed by atoms with Crippen LogP contribution in [0, 0.1) is 0 Å². The van der Waals surface area contributed by atoms with E-state index in [1.165, 1.54) is 6.07 Å². The molecule has 0 aliphatic heterocycles. The third kappa shape index (κ3) is 3.84. The summed E-state index contributed by atoms with van der Waals surface area (Å²) >= 11 is 0. The summed E-state index contributed by atoms with van der Waals surface area (Å²) in [6, 6.07) is 2.85. The van der Waals surface area contributed by atoms with Crippen LogP contribution in [0.15, 0.2) is 18.2 Å². The van der Waals surface area contributed by atoms with Gasteiger partial charge in [0.25, 0.3) is 5.91 Å². The van der Waals surface area contributed by atoms with Crippen molar-refractivity contribution in [1.29, 1.82) is 0 Å². The molecule has 0 bridgehead atoms. The van der Waals surface area contributed by atoms with Crippen LogP contribution in [0.5, 0.6) is 0 Å². The summed E-state index contributed by atoms with van der Waals surface area (Å²) in [5, 5.41) is 17.6. The predicted octanol–water partition coefficient (Wildman–Crippen LogP) is 0.714. The number of nitrogen functional groups attached to an aromatic ring is 1. The van der Waals surface area contributed by atoms with E-state index in [9.17, 15) is 18.0 Å². The first kappa shape index (κ1) is 16.3. The molecule has 1 rings (SSSR count). The summed E-state index contributed by atoms with van der Waals surface area (Å²) in [5.41, 5.74) is 3.49. The fraction of sp³-hybridized carbons (Fsp3) is 0.417. The Morgan fingerprint density at radius 2 is 1.75 bits per heavy atom. The van der Waals surface area contributed by atoms with E-state index in [2.05, 4.69) is 0 Å². The SMILES string of the molecule is Nc1ccc(C(=O)N(CCO)CCO)cc1C(F)(F)F. The molecule has 0 radical (unpaired) electrons. The number of anilines is 1. The predicted molar refractivity (Wildman–Crippen MR) is 65.9 cm³/mol. The Bertz CT molecular complexity index is 472. The number of benzene rings is 1. The molecule has 0 saturated carbocycles. The van der Waals surface area contributed by atoms with Gasteiger partial charge in [-0.3, -0.25) is 4.79 Å². The number of nitrogens with zero attached hydrogens (tertiary/aromatic N) is 1. The molecule has 0 unspecified atom stereocenters. The van der Waals surface area contributed by atoms with Gasteiger partial charge in [-0.15, -0.1) is 0 Å². The number of hydrogen-bond donors (Lipinski definition) is 3. The van der Waals surface area contributed by atoms with Gasteiger partial charge < -0.3 is 20.8 Å². The summed E-state index contributed by atoms with van der Waals surface area (Å²) in [4.78, 5) is 13.1. The van der Waals surface area contributed by atoms with E-state index in [4.69, 9.17) is 15.9 Å². The molecule has 1 aromatic carbocycles. The summed E-state index contributed by atoms with van der Waals surface area (Å²) in [6.45, 7) is -0.865. The highest BCUT2D eigenvalue weighted by Crippen LogP contribution is 2.34. The highest BCUT2D eigenvalue weighted by atomic mass is 19.4. The van der Waals surface area contributed by atoms with Gasteiger partial charge in [0, 0.05) is 24.3 Å². The molecule has 0 aromatic heterocycles. The second kappa shape index (κ2) is 6.58. The number of rotatable bonds is 5. The number of alkyl halides is 3. The van der Waals surface area contributed by atoms with Crippen molar-refractivity contribution in [3.05, 3.63) is 29.3 Å². The maximum Gasteiger partial charge on any atom is 0.418 e. The molecule has 0 atom stereocenters. The molecule has 1 aromatic rings. The number of carbonyl (C=O) groups is 1. The van der Waals surface area contributed by atoms with Crippen molar-refractivity contribution in [2.75, 3.05) is 32.0 Å². The van der Waals surface area contributed by atoms with Crippen molar-refractivity contribution < 1.29 is 28.2 Å². The largest absolute Gasteiger partial charge is 0.418 e. The Morgan fingerprint density at radius 3 is 2.20 bits per heavy atom. The van der Waals surface area contributed by atoms with Crippen LogP contribution in [0.3, 0.4) is 0 Å². The molecule has 0 aliphatic rings. The minimum atomic E-state index is -4.65. The van der Waals surface area contributed by atoms with Gasteiger partial charge in [0.2, 0.25) is 0 Å². The average Bonchev–Trinajstić information content (AvgIpc) is 2.37. The molecule has 0 saturated heterocycles. The van der Waals surface area contributed by atoms with Crippen LogP contribution in [-0.2, 0) is 6.18 Å². The van der Waals surface area contributed by atoms with E-state index < -0.39 is 23.3 Å². The molecule has 1 amide bonds. The topological polar surface area (TPSA) is 86.8 Å². The molecule has 112 valence electrons. The molecule has 0 heterocycles. The minimum absolute atomic E-state index is 0.0783. The van der Waals surface area contributed by atoms with Crippen LogP contribution in [0.4, 0.5) is 18.9 Å². The minimum Gasteiger partial charge on any atom is -0.398 e. The van der Waals surface area contributed by atoms with E-state index in [1.807, 2.05) is 0 Å². The lowest BCUT2D eigenvalue weighted by Crippen LogP contribution is -2.36. The van der Waals surface area contributed by atoms with Gasteiger partial charge in [-0.25, -0.2) is 0 Å². The maximum atomic E-state index is 12.7. The Hall–Kier alpha value is -1.80. The highest BCUT2D eigenvalue weighted by molar-refractivity contribution is 5.95. The first-order valence-corrected chi connectivity index (χ1v) is 5.79. The maximum absolute atomic E-state index is 12.7. The van der Waals surface area contributed by atoms with E-state index >= 15 is 0 Å². The van der Waals surface area contributed by atoms with Crippen LogP contribution in [0.2, 0.25) is 0 Å². The summed E-state index contributed by atoms with van der Waals surface area (Å²) in [5.74, 6) is -0.710. The quantitative estimate of drug-likeness (QED) is 0.698. The van der Waals surface area contributed by atoms with Crippen LogP contribution in [0.1, 0.15) is 15.9 Å². The number of halogens is 3. The monoisotopic (exact) mass is 292 g/mol. The number of nitrogens with two attached hydrogens (primary N) is 1. The van der Waals surface area contributed by atoms with E-state index in [-0.39, 0.29) is 31.9 Å². The van der Waals surface area contributed by atoms with E-state index in [0.29, 0.717) is 6.07 Å². The average molecular weight is 292 g/mol. The molecular weight excluding hydrogens is 277 g/mol. The van der Waals surface area contributed by atoms with Crippen LogP contribution >= 0.6 is 0 Å². The fourth-order valence-corrected chi connectivity index (χ4v) is 1.67. The normalized spacial score (nSPS) is 11.4. The lowest BCUT2D eigenvalue weighted by molar-refractivity contribution is -0.136. The molecule has 0 aliphatic carbocycles. The van der Waals surface area contributed by atoms with Crippen molar-refractivity contribution in [2.45, 2.75) is 6.18 Å². The van der Waals surface area contributed by atoms with Gasteiger partial charge in [0.05, 0.1) is 18.8 Å². The summed E-state index contributed by atoms with van der Waals surface area (Å²) in [6.07, 6.45) is -4.65. The van der Waals surface area contributed by atoms with Crippen LogP contribution in [-0.4, -0.2) is 47.3 Å². The lowest BCUT2D eigenvalue weighted by Gasteiger charge is -2.21. The number of aliphatic hydroxyl groups is 2. The Morgan fingerprint density at radius 1 is 1.20 bits per heavy atom. The third-order valence-electron chi connectivity index (χ3n) is 2.63. The number of hydrogen-bond acceptors (Lipinski definition) is 4. The zero-order valence-corrected chi connectivity index (χ0v) is 10.5. The van der Waals surface area contributed by atoms with Gasteiger partial charge in [0.1, 0.15) is 0 Å². The van der Waals surface area contributed by atoms with E-state index in [0.717, 1.165) is 11.0 Å². The molecule has 0 spiro atoms. The van der Waals surface area contributed by atoms with E-state index in [1.54, 1.807) is 0 Å². The second-order valence-electron chi connectivity index (χ2n) is 4.04. The Labute approximate surface area is 113 Å². The van der Waals surface area contributed by atoms with Gasteiger partial charge in [-0.2, -0.15) is 13.2 Å². The van der Waals surface area contributed by atoms with Gasteiger partial charge in [0.15, 0.2) is 0 Å². The lowest BCUT2D eigenvalue weighted by atomic mass is 10.1. The van der Waals surface area contributed by atoms with Crippen molar-refractivity contribution in [3.8, 4) is 0 Å². The molecule has 4 N–H and O–H groups in total. The Balaban J connectivity index is 3.10. The number of amides is 1. The zero-order chi connectivity index (χ0) is 15.3. The molecule has 5 nitrogen and oxygen atoms in total. The smallest absolute Gasteiger partial charge is 0.398 e. The van der Waals surface area contributed by atoms with Crippen molar-refractivity contribution >= 4 is 11.6 Å². The molecular formula is C12H15F3N2O3. The first-order chi connectivity index (χ1) is 9.31. The van der Waals surface area contributed by atoms with Gasteiger partial charge in [-0.1, -0.05) is 0 Å². The van der Waals surface area contributed by atoms with Crippen molar-refractivity contribution in [3.63, 3.8) is 0 Å². The van der Waals surface area contributed by atoms with Crippen molar-refractivity contribution in [2.24, 2.45) is 0 Å². The van der Waals surface area contributed by atoms with Gasteiger partial charge in [-0.05, 0) is 18.2 Å². The summed E-state index contributed by atoms with van der Waals surface area (Å²) < 4.78 is 38.1. The first-order valence-electron chi connectivity index (χ1n) is 5.79. The number of carbonyl (C=O) groups excluding carboxylic acids is 1. The Kier molecular flexibility index (Phi) is 5.34. The van der Waals surface area contributed by atoms with Crippen LogP contribution < -0.4 is 5.73 Å². The third-order valence-corrected chi connectivity index (χ3v) is 2.63. The number of aliphatic hydroxyl groups excluding tert-OH is 2. The zero-order valence-electron chi connectivity index (χ0n) is 10.5. The van der Waals surface area contributed by atoms with Crippen molar-refractivity contribution in [1.82, 2.24) is 4.90 Å².